The maximum absolute atomic E-state index is 12.4. The number of hydrogen-bond donors (Lipinski definition) is 1. The van der Waals surface area contributed by atoms with Crippen LogP contribution in [0.4, 0.5) is 10.5 Å². The Hall–Kier alpha value is -4.02. The number of rotatable bonds is 6. The van der Waals surface area contributed by atoms with Crippen molar-refractivity contribution in [2.24, 2.45) is 0 Å². The summed E-state index contributed by atoms with van der Waals surface area (Å²) in [4.78, 5) is 22.7. The Labute approximate surface area is 228 Å². The topological polar surface area (TPSA) is 119 Å². The first-order valence-corrected chi connectivity index (χ1v) is 13.8. The number of aryl methyl sites for hydroxylation is 1. The molecule has 10 heteroatoms. The van der Waals surface area contributed by atoms with E-state index >= 15 is 0 Å². The van der Waals surface area contributed by atoms with Gasteiger partial charge in [0.15, 0.2) is 5.75 Å². The summed E-state index contributed by atoms with van der Waals surface area (Å²) in [6.45, 7) is 9.18. The monoisotopic (exact) mass is 549 g/mol. The number of anilines is 1. The lowest BCUT2D eigenvalue weighted by atomic mass is 10.1. The smallest absolute Gasteiger partial charge is 0.414 e. The van der Waals surface area contributed by atoms with E-state index in [4.69, 9.17) is 14.5 Å². The van der Waals surface area contributed by atoms with E-state index in [1.165, 1.54) is 11.0 Å². The molecule has 1 N–H and O–H groups in total. The molecular formula is C29H31N3O6S. The molecule has 0 saturated carbocycles. The van der Waals surface area contributed by atoms with Gasteiger partial charge in [-0.15, -0.1) is 0 Å². The molecule has 204 valence electrons. The molecule has 4 aromatic rings. The van der Waals surface area contributed by atoms with Gasteiger partial charge in [0.05, 0.1) is 22.9 Å². The molecule has 0 radical (unpaired) electrons. The average molecular weight is 550 g/mol. The van der Waals surface area contributed by atoms with Gasteiger partial charge in [0, 0.05) is 24.4 Å². The van der Waals surface area contributed by atoms with Crippen molar-refractivity contribution in [3.8, 4) is 22.8 Å². The third-order valence-electron chi connectivity index (χ3n) is 6.04. The zero-order chi connectivity index (χ0) is 28.5. The number of hydrogen-bond acceptors (Lipinski definition) is 7. The molecule has 0 bridgehead atoms. The highest BCUT2D eigenvalue weighted by molar-refractivity contribution is 7.86. The Kier molecular flexibility index (Phi) is 7.63. The number of carbonyl (C=O) groups is 1. The Bertz CT molecular complexity index is 1640. The first-order valence-electron chi connectivity index (χ1n) is 12.4. The van der Waals surface area contributed by atoms with Crippen LogP contribution in [0.25, 0.3) is 22.3 Å². The molecule has 0 aliphatic carbocycles. The summed E-state index contributed by atoms with van der Waals surface area (Å²) in [5, 5.41) is 0. The number of fused-ring (bicyclic) bond motifs is 1. The Morgan fingerprint density at radius 3 is 2.33 bits per heavy atom. The van der Waals surface area contributed by atoms with Crippen LogP contribution in [0.15, 0.2) is 65.7 Å². The van der Waals surface area contributed by atoms with Crippen molar-refractivity contribution in [3.63, 3.8) is 0 Å². The third-order valence-corrected chi connectivity index (χ3v) is 6.92. The lowest BCUT2D eigenvalue weighted by Crippen LogP contribution is -2.34. The first-order chi connectivity index (χ1) is 18.3. The van der Waals surface area contributed by atoms with Crippen molar-refractivity contribution in [1.29, 1.82) is 0 Å². The number of benzene rings is 3. The lowest BCUT2D eigenvalue weighted by molar-refractivity contribution is 0.0589. The quantitative estimate of drug-likeness (QED) is 0.268. The fraction of sp³-hybridized carbons (Fsp3) is 0.276. The van der Waals surface area contributed by atoms with E-state index < -0.39 is 21.8 Å². The van der Waals surface area contributed by atoms with Crippen LogP contribution in [-0.4, -0.2) is 41.7 Å². The van der Waals surface area contributed by atoms with E-state index in [1.54, 1.807) is 49.6 Å². The van der Waals surface area contributed by atoms with E-state index in [-0.39, 0.29) is 10.6 Å². The van der Waals surface area contributed by atoms with Crippen molar-refractivity contribution in [1.82, 2.24) is 9.97 Å². The van der Waals surface area contributed by atoms with Gasteiger partial charge in [0.2, 0.25) is 0 Å². The number of carbonyl (C=O) groups excluding carboxylic acids is 1. The Balaban J connectivity index is 1.65. The van der Waals surface area contributed by atoms with Crippen LogP contribution in [0.1, 0.15) is 38.8 Å². The van der Waals surface area contributed by atoms with Crippen molar-refractivity contribution in [3.05, 3.63) is 71.9 Å². The van der Waals surface area contributed by atoms with Gasteiger partial charge in [-0.2, -0.15) is 8.42 Å². The molecule has 1 amide bonds. The highest BCUT2D eigenvalue weighted by atomic mass is 32.2. The normalized spacial score (nSPS) is 11.9. The average Bonchev–Trinajstić information content (AvgIpc) is 2.86. The van der Waals surface area contributed by atoms with Gasteiger partial charge in [-0.25, -0.2) is 9.78 Å². The highest BCUT2D eigenvalue weighted by Crippen LogP contribution is 2.36. The van der Waals surface area contributed by atoms with Gasteiger partial charge in [-0.05, 0) is 75.6 Å². The van der Waals surface area contributed by atoms with E-state index in [1.807, 2.05) is 46.8 Å². The van der Waals surface area contributed by atoms with Crippen LogP contribution in [0.2, 0.25) is 0 Å². The van der Waals surface area contributed by atoms with Gasteiger partial charge in [0.25, 0.3) is 10.1 Å². The molecule has 4 rings (SSSR count). The molecule has 0 unspecified atom stereocenters. The maximum atomic E-state index is 12.4. The molecule has 0 saturated heterocycles. The summed E-state index contributed by atoms with van der Waals surface area (Å²) >= 11 is 0. The third kappa shape index (κ3) is 6.35. The fourth-order valence-electron chi connectivity index (χ4n) is 4.06. The van der Waals surface area contributed by atoms with Crippen LogP contribution in [0.3, 0.4) is 0 Å². The second-order valence-corrected chi connectivity index (χ2v) is 11.5. The standard InChI is InChI=1S/C29H31N3O6S/c1-7-22-18(2)8-15-26(39(34,35)36)27(22)37-21-13-14-23-24(16-21)31-25(17-30-23)19-9-11-20(12-10-19)32(6)28(33)38-29(3,4)5/h8-17H,7H2,1-6H3,(H,34,35,36). The van der Waals surface area contributed by atoms with Crippen molar-refractivity contribution >= 4 is 32.9 Å². The number of amides is 1. The largest absolute Gasteiger partial charge is 0.456 e. The second-order valence-electron chi connectivity index (χ2n) is 10.1. The van der Waals surface area contributed by atoms with E-state index in [2.05, 4.69) is 4.98 Å². The Morgan fingerprint density at radius 2 is 1.72 bits per heavy atom. The first kappa shape index (κ1) is 28.0. The van der Waals surface area contributed by atoms with Crippen molar-refractivity contribution in [2.75, 3.05) is 11.9 Å². The molecule has 1 aromatic heterocycles. The molecular weight excluding hydrogens is 518 g/mol. The van der Waals surface area contributed by atoms with E-state index in [0.29, 0.717) is 40.1 Å². The SMILES string of the molecule is CCc1c(C)ccc(S(=O)(=O)O)c1Oc1ccc2ncc(-c3ccc(N(C)C(=O)OC(C)(C)C)cc3)nc2c1. The fourth-order valence-corrected chi connectivity index (χ4v) is 4.70. The summed E-state index contributed by atoms with van der Waals surface area (Å²) < 4.78 is 45.3. The predicted octanol–water partition coefficient (Wildman–Crippen LogP) is 6.58. The van der Waals surface area contributed by atoms with Gasteiger partial charge >= 0.3 is 6.09 Å². The van der Waals surface area contributed by atoms with Gasteiger partial charge in [0.1, 0.15) is 16.2 Å². The summed E-state index contributed by atoms with van der Waals surface area (Å²) in [5.41, 5.74) is 4.16. The summed E-state index contributed by atoms with van der Waals surface area (Å²) in [6.07, 6.45) is 1.72. The summed E-state index contributed by atoms with van der Waals surface area (Å²) in [5.74, 6) is 0.446. The van der Waals surface area contributed by atoms with Gasteiger partial charge in [-0.1, -0.05) is 25.1 Å². The summed E-state index contributed by atoms with van der Waals surface area (Å²) in [7, 11) is -2.85. The zero-order valence-electron chi connectivity index (χ0n) is 22.7. The maximum Gasteiger partial charge on any atom is 0.414 e. The molecule has 0 aliphatic heterocycles. The molecule has 3 aromatic carbocycles. The molecule has 0 aliphatic rings. The number of aromatic nitrogens is 2. The highest BCUT2D eigenvalue weighted by Gasteiger charge is 2.22. The van der Waals surface area contributed by atoms with Crippen molar-refractivity contribution in [2.45, 2.75) is 51.5 Å². The summed E-state index contributed by atoms with van der Waals surface area (Å²) in [6, 6.07) is 15.3. The molecule has 0 fully saturated rings. The number of ether oxygens (including phenoxy) is 2. The zero-order valence-corrected chi connectivity index (χ0v) is 23.5. The van der Waals surface area contributed by atoms with Crippen LogP contribution in [-0.2, 0) is 21.3 Å². The van der Waals surface area contributed by atoms with Gasteiger partial charge < -0.3 is 9.47 Å². The minimum atomic E-state index is -4.50. The van der Waals surface area contributed by atoms with Crippen molar-refractivity contribution < 1.29 is 27.2 Å². The van der Waals surface area contributed by atoms with E-state index in [0.717, 1.165) is 11.1 Å². The molecule has 39 heavy (non-hydrogen) atoms. The Morgan fingerprint density at radius 1 is 1.03 bits per heavy atom. The van der Waals surface area contributed by atoms with E-state index in [9.17, 15) is 17.8 Å². The minimum Gasteiger partial charge on any atom is -0.456 e. The molecule has 1 heterocycles. The lowest BCUT2D eigenvalue weighted by Gasteiger charge is -2.24. The molecule has 0 atom stereocenters. The van der Waals surface area contributed by atoms with Gasteiger partial charge in [-0.3, -0.25) is 14.4 Å². The molecule has 0 spiro atoms. The predicted molar refractivity (Wildman–Crippen MR) is 150 cm³/mol. The minimum absolute atomic E-state index is 0.0909. The van der Waals surface area contributed by atoms with Crippen LogP contribution >= 0.6 is 0 Å². The number of nitrogens with zero attached hydrogens (tertiary/aromatic N) is 3. The van der Waals surface area contributed by atoms with Crippen LogP contribution in [0.5, 0.6) is 11.5 Å². The second kappa shape index (κ2) is 10.6. The van der Waals surface area contributed by atoms with Crippen LogP contribution < -0.4 is 9.64 Å². The van der Waals surface area contributed by atoms with Crippen LogP contribution in [0, 0.1) is 6.92 Å². The molecule has 9 nitrogen and oxygen atoms in total.